The number of fused-ring (bicyclic) bond motifs is 1. The molecule has 0 fully saturated rings. The Hall–Kier alpha value is -1.30. The van der Waals surface area contributed by atoms with E-state index in [0.29, 0.717) is 26.4 Å². The van der Waals surface area contributed by atoms with Crippen molar-refractivity contribution in [3.05, 3.63) is 23.3 Å². The van der Waals surface area contributed by atoms with Crippen molar-refractivity contribution in [3.8, 4) is 11.5 Å². The lowest BCUT2D eigenvalue weighted by atomic mass is 10.1. The Balaban J connectivity index is 2.29. The van der Waals surface area contributed by atoms with Crippen LogP contribution in [0, 0.1) is 0 Å². The third-order valence-corrected chi connectivity index (χ3v) is 2.56. The Kier molecular flexibility index (Phi) is 4.19. The summed E-state index contributed by atoms with van der Waals surface area (Å²) >= 11 is 0. The summed E-state index contributed by atoms with van der Waals surface area (Å²) in [6, 6.07) is 3.98. The van der Waals surface area contributed by atoms with Gasteiger partial charge < -0.3 is 19.0 Å². The summed E-state index contributed by atoms with van der Waals surface area (Å²) in [5.74, 6) is 1.57. The van der Waals surface area contributed by atoms with E-state index in [4.69, 9.17) is 19.0 Å². The second-order valence-corrected chi connectivity index (χ2v) is 3.70. The fourth-order valence-electron chi connectivity index (χ4n) is 1.81. The van der Waals surface area contributed by atoms with E-state index in [2.05, 4.69) is 5.48 Å². The highest BCUT2D eigenvalue weighted by Gasteiger charge is 2.19. The van der Waals surface area contributed by atoms with Gasteiger partial charge in [-0.25, -0.2) is 0 Å². The molecule has 0 amide bonds. The molecule has 1 aliphatic rings. The van der Waals surface area contributed by atoms with Crippen LogP contribution in [0.2, 0.25) is 0 Å². The SMILES string of the molecule is COCc1ccc(CNOC)c2c1OCCO2. The molecule has 0 bridgehead atoms. The summed E-state index contributed by atoms with van der Waals surface area (Å²) in [5, 5.41) is 0. The quantitative estimate of drug-likeness (QED) is 0.784. The van der Waals surface area contributed by atoms with Crippen LogP contribution in [0.3, 0.4) is 0 Å². The highest BCUT2D eigenvalue weighted by atomic mass is 16.6. The zero-order valence-electron chi connectivity index (χ0n) is 10.1. The van der Waals surface area contributed by atoms with Crippen LogP contribution in [0.1, 0.15) is 11.1 Å². The third kappa shape index (κ3) is 2.69. The predicted octanol–water partition coefficient (Wildman–Crippen LogP) is 1.26. The molecule has 0 saturated carbocycles. The average Bonchev–Trinajstić information content (AvgIpc) is 2.38. The third-order valence-electron chi connectivity index (χ3n) is 2.56. The number of hydrogen-bond donors (Lipinski definition) is 1. The van der Waals surface area contributed by atoms with Crippen LogP contribution in [0.4, 0.5) is 0 Å². The first-order valence-corrected chi connectivity index (χ1v) is 5.52. The second-order valence-electron chi connectivity index (χ2n) is 3.70. The molecular formula is C12H17NO4. The maximum Gasteiger partial charge on any atom is 0.167 e. The Labute approximate surface area is 101 Å². The molecule has 1 aromatic carbocycles. The van der Waals surface area contributed by atoms with Crippen molar-refractivity contribution in [2.24, 2.45) is 0 Å². The summed E-state index contributed by atoms with van der Waals surface area (Å²) in [5.41, 5.74) is 4.82. The van der Waals surface area contributed by atoms with E-state index in [1.807, 2.05) is 12.1 Å². The van der Waals surface area contributed by atoms with Gasteiger partial charge in [0.1, 0.15) is 13.2 Å². The van der Waals surface area contributed by atoms with Crippen molar-refractivity contribution >= 4 is 0 Å². The van der Waals surface area contributed by atoms with Gasteiger partial charge in [0.25, 0.3) is 0 Å². The van der Waals surface area contributed by atoms with E-state index in [9.17, 15) is 0 Å². The first kappa shape index (κ1) is 12.2. The van der Waals surface area contributed by atoms with Crippen LogP contribution in [0.25, 0.3) is 0 Å². The van der Waals surface area contributed by atoms with Crippen LogP contribution < -0.4 is 15.0 Å². The van der Waals surface area contributed by atoms with E-state index < -0.39 is 0 Å². The zero-order chi connectivity index (χ0) is 12.1. The monoisotopic (exact) mass is 239 g/mol. The number of nitrogens with one attached hydrogen (secondary N) is 1. The highest BCUT2D eigenvalue weighted by Crippen LogP contribution is 2.37. The zero-order valence-corrected chi connectivity index (χ0v) is 10.1. The van der Waals surface area contributed by atoms with Crippen LogP contribution in [-0.4, -0.2) is 27.4 Å². The van der Waals surface area contributed by atoms with Gasteiger partial charge in [0, 0.05) is 24.8 Å². The molecule has 1 N–H and O–H groups in total. The van der Waals surface area contributed by atoms with Crippen molar-refractivity contribution in [3.63, 3.8) is 0 Å². The van der Waals surface area contributed by atoms with Crippen molar-refractivity contribution in [2.75, 3.05) is 27.4 Å². The molecule has 0 atom stereocenters. The van der Waals surface area contributed by atoms with Gasteiger partial charge in [-0.2, -0.15) is 5.48 Å². The maximum absolute atomic E-state index is 5.66. The lowest BCUT2D eigenvalue weighted by molar-refractivity contribution is 0.0847. The molecule has 0 unspecified atom stereocenters. The van der Waals surface area contributed by atoms with Crippen LogP contribution in [0.15, 0.2) is 12.1 Å². The molecule has 94 valence electrons. The van der Waals surface area contributed by atoms with Crippen molar-refractivity contribution < 1.29 is 19.0 Å². The molecule has 0 spiro atoms. The molecular weight excluding hydrogens is 222 g/mol. The lowest BCUT2D eigenvalue weighted by Crippen LogP contribution is -2.20. The standard InChI is InChI=1S/C12H17NO4/c1-14-8-10-4-3-9(7-13-15-2)11-12(10)17-6-5-16-11/h3-4,13H,5-8H2,1-2H3. The first-order valence-electron chi connectivity index (χ1n) is 5.52. The summed E-state index contributed by atoms with van der Waals surface area (Å²) in [7, 11) is 3.25. The van der Waals surface area contributed by atoms with Gasteiger partial charge >= 0.3 is 0 Å². The van der Waals surface area contributed by atoms with Gasteiger partial charge in [0.05, 0.1) is 13.7 Å². The topological polar surface area (TPSA) is 49.0 Å². The van der Waals surface area contributed by atoms with E-state index in [1.165, 1.54) is 0 Å². The van der Waals surface area contributed by atoms with Crippen LogP contribution in [-0.2, 0) is 22.7 Å². The Morgan fingerprint density at radius 3 is 2.41 bits per heavy atom. The van der Waals surface area contributed by atoms with E-state index >= 15 is 0 Å². The first-order chi connectivity index (χ1) is 8.36. The molecule has 1 aliphatic heterocycles. The Bertz CT molecular complexity index is 381. The molecule has 5 nitrogen and oxygen atoms in total. The number of hydroxylamine groups is 1. The molecule has 5 heteroatoms. The molecule has 1 aromatic rings. The van der Waals surface area contributed by atoms with E-state index in [1.54, 1.807) is 14.2 Å². The molecule has 0 aromatic heterocycles. The molecule has 2 rings (SSSR count). The Morgan fingerprint density at radius 1 is 1.12 bits per heavy atom. The number of methoxy groups -OCH3 is 1. The van der Waals surface area contributed by atoms with Crippen molar-refractivity contribution in [1.82, 2.24) is 5.48 Å². The molecule has 0 radical (unpaired) electrons. The minimum absolute atomic E-state index is 0.518. The average molecular weight is 239 g/mol. The molecule has 0 saturated heterocycles. The van der Waals surface area contributed by atoms with Crippen molar-refractivity contribution in [2.45, 2.75) is 13.2 Å². The fourth-order valence-corrected chi connectivity index (χ4v) is 1.81. The van der Waals surface area contributed by atoms with Crippen LogP contribution in [0.5, 0.6) is 11.5 Å². The van der Waals surface area contributed by atoms with Crippen molar-refractivity contribution in [1.29, 1.82) is 0 Å². The highest BCUT2D eigenvalue weighted by molar-refractivity contribution is 5.52. The minimum atomic E-state index is 0.518. The molecule has 1 heterocycles. The van der Waals surface area contributed by atoms with E-state index in [0.717, 1.165) is 22.6 Å². The predicted molar refractivity (Wildman–Crippen MR) is 62.0 cm³/mol. The maximum atomic E-state index is 5.66. The van der Waals surface area contributed by atoms with E-state index in [-0.39, 0.29) is 0 Å². The summed E-state index contributed by atoms with van der Waals surface area (Å²) < 4.78 is 16.5. The minimum Gasteiger partial charge on any atom is -0.486 e. The Morgan fingerprint density at radius 2 is 1.76 bits per heavy atom. The van der Waals surface area contributed by atoms with Gasteiger partial charge in [-0.05, 0) is 0 Å². The van der Waals surface area contributed by atoms with Gasteiger partial charge in [-0.1, -0.05) is 12.1 Å². The fraction of sp³-hybridized carbons (Fsp3) is 0.500. The van der Waals surface area contributed by atoms with Gasteiger partial charge in [0.2, 0.25) is 0 Å². The summed E-state index contributed by atoms with van der Waals surface area (Å²) in [4.78, 5) is 4.84. The smallest absolute Gasteiger partial charge is 0.167 e. The number of hydrogen-bond acceptors (Lipinski definition) is 5. The molecule has 0 aliphatic carbocycles. The number of benzene rings is 1. The summed E-state index contributed by atoms with van der Waals surface area (Å²) in [6.45, 7) is 2.24. The molecule has 17 heavy (non-hydrogen) atoms. The van der Waals surface area contributed by atoms with Crippen LogP contribution >= 0.6 is 0 Å². The summed E-state index contributed by atoms with van der Waals surface area (Å²) in [6.07, 6.45) is 0. The largest absolute Gasteiger partial charge is 0.486 e. The second kappa shape index (κ2) is 5.86. The number of ether oxygens (including phenoxy) is 3. The van der Waals surface area contributed by atoms with Gasteiger partial charge in [-0.3, -0.25) is 0 Å². The van der Waals surface area contributed by atoms with Gasteiger partial charge in [-0.15, -0.1) is 0 Å². The normalized spacial score (nSPS) is 13.8. The lowest BCUT2D eigenvalue weighted by Gasteiger charge is -2.23. The number of rotatable bonds is 5. The van der Waals surface area contributed by atoms with Gasteiger partial charge in [0.15, 0.2) is 11.5 Å².